The average Bonchev–Trinajstić information content (AvgIpc) is 2.47. The van der Waals surface area contributed by atoms with Gasteiger partial charge in [-0.2, -0.15) is 0 Å². The zero-order chi connectivity index (χ0) is 15.3. The fourth-order valence-electron chi connectivity index (χ4n) is 2.08. The Balaban J connectivity index is 1.85. The summed E-state index contributed by atoms with van der Waals surface area (Å²) in [6, 6.07) is 7.92. The molecule has 1 aliphatic rings. The van der Waals surface area contributed by atoms with E-state index >= 15 is 0 Å². The highest BCUT2D eigenvalue weighted by molar-refractivity contribution is 5.83. The molecule has 0 saturated carbocycles. The number of carbonyl (C=O) groups excluding carboxylic acids is 1. The second-order valence-corrected chi connectivity index (χ2v) is 5.92. The summed E-state index contributed by atoms with van der Waals surface area (Å²) < 4.78 is 11.2. The topological polar surface area (TPSA) is 73.6 Å². The van der Waals surface area contributed by atoms with E-state index in [-0.39, 0.29) is 12.0 Å². The summed E-state index contributed by atoms with van der Waals surface area (Å²) in [5.74, 6) is 0.516. The Bertz CT molecular complexity index is 465. The first-order chi connectivity index (χ1) is 9.97. The number of hydrogen-bond acceptors (Lipinski definition) is 4. The minimum Gasteiger partial charge on any atom is -0.490 e. The number of ether oxygens (including phenoxy) is 2. The normalized spacial score (nSPS) is 16.7. The molecule has 0 atom stereocenters. The molecule has 21 heavy (non-hydrogen) atoms. The highest BCUT2D eigenvalue weighted by Gasteiger charge is 2.23. The lowest BCUT2D eigenvalue weighted by molar-refractivity contribution is -0.123. The fraction of sp³-hybridized carbons (Fsp3) is 0.562. The van der Waals surface area contributed by atoms with E-state index in [1.165, 1.54) is 0 Å². The van der Waals surface area contributed by atoms with E-state index in [1.807, 2.05) is 24.3 Å². The molecule has 0 aromatic heterocycles. The van der Waals surface area contributed by atoms with Gasteiger partial charge in [-0.25, -0.2) is 0 Å². The number of rotatable bonds is 6. The van der Waals surface area contributed by atoms with E-state index < -0.39 is 5.54 Å². The molecule has 3 N–H and O–H groups in total. The quantitative estimate of drug-likeness (QED) is 0.835. The van der Waals surface area contributed by atoms with Gasteiger partial charge in [0.25, 0.3) is 0 Å². The van der Waals surface area contributed by atoms with Crippen molar-refractivity contribution in [1.29, 1.82) is 0 Å². The maximum absolute atomic E-state index is 11.2. The SMILES string of the molecule is CC(C)(NCc1ccc(OC2CCOCC2)cc1)C(N)=O. The molecule has 1 saturated heterocycles. The first-order valence-electron chi connectivity index (χ1n) is 7.35. The third kappa shape index (κ3) is 4.72. The molecule has 1 heterocycles. The Morgan fingerprint density at radius 2 is 1.95 bits per heavy atom. The van der Waals surface area contributed by atoms with E-state index in [4.69, 9.17) is 15.2 Å². The molecule has 0 aliphatic carbocycles. The lowest BCUT2D eigenvalue weighted by Gasteiger charge is -2.24. The van der Waals surface area contributed by atoms with Crippen molar-refractivity contribution in [1.82, 2.24) is 5.32 Å². The van der Waals surface area contributed by atoms with E-state index in [2.05, 4.69) is 5.32 Å². The van der Waals surface area contributed by atoms with Gasteiger partial charge in [0.2, 0.25) is 5.91 Å². The van der Waals surface area contributed by atoms with Gasteiger partial charge in [-0.05, 0) is 31.5 Å². The van der Waals surface area contributed by atoms with Crippen LogP contribution in [0.3, 0.4) is 0 Å². The van der Waals surface area contributed by atoms with Crippen molar-refractivity contribution in [3.05, 3.63) is 29.8 Å². The molecule has 1 aromatic rings. The number of benzene rings is 1. The number of amides is 1. The van der Waals surface area contributed by atoms with Gasteiger partial charge >= 0.3 is 0 Å². The maximum atomic E-state index is 11.2. The minimum atomic E-state index is -0.711. The lowest BCUT2D eigenvalue weighted by atomic mass is 10.0. The summed E-state index contributed by atoms with van der Waals surface area (Å²) in [5.41, 5.74) is 5.71. The van der Waals surface area contributed by atoms with Crippen molar-refractivity contribution < 1.29 is 14.3 Å². The molecule has 5 nitrogen and oxygen atoms in total. The second-order valence-electron chi connectivity index (χ2n) is 5.92. The number of carbonyl (C=O) groups is 1. The summed E-state index contributed by atoms with van der Waals surface area (Å²) in [4.78, 5) is 11.2. The Hall–Kier alpha value is -1.59. The van der Waals surface area contributed by atoms with Gasteiger partial charge in [0.05, 0.1) is 18.8 Å². The van der Waals surface area contributed by atoms with E-state index in [9.17, 15) is 4.79 Å². The van der Waals surface area contributed by atoms with Gasteiger partial charge in [0, 0.05) is 19.4 Å². The van der Waals surface area contributed by atoms with Gasteiger partial charge in [0.15, 0.2) is 0 Å². The fourth-order valence-corrected chi connectivity index (χ4v) is 2.08. The minimum absolute atomic E-state index is 0.247. The molecule has 0 bridgehead atoms. The van der Waals surface area contributed by atoms with Crippen LogP contribution in [-0.2, 0) is 16.1 Å². The van der Waals surface area contributed by atoms with Crippen LogP contribution in [0.15, 0.2) is 24.3 Å². The van der Waals surface area contributed by atoms with E-state index in [1.54, 1.807) is 13.8 Å². The van der Waals surface area contributed by atoms with Crippen LogP contribution in [0.4, 0.5) is 0 Å². The van der Waals surface area contributed by atoms with Crippen LogP contribution in [0.25, 0.3) is 0 Å². The van der Waals surface area contributed by atoms with Gasteiger partial charge in [0.1, 0.15) is 11.9 Å². The Morgan fingerprint density at radius 3 is 2.52 bits per heavy atom. The first kappa shape index (κ1) is 15.8. The highest BCUT2D eigenvalue weighted by atomic mass is 16.5. The van der Waals surface area contributed by atoms with Crippen molar-refractivity contribution in [3.8, 4) is 5.75 Å². The Morgan fingerprint density at radius 1 is 1.33 bits per heavy atom. The van der Waals surface area contributed by atoms with E-state index in [0.717, 1.165) is 37.4 Å². The maximum Gasteiger partial charge on any atom is 0.237 e. The number of nitrogens with one attached hydrogen (secondary N) is 1. The molecule has 0 spiro atoms. The Kier molecular flexibility index (Phi) is 5.20. The summed E-state index contributed by atoms with van der Waals surface area (Å²) in [7, 11) is 0. The zero-order valence-corrected chi connectivity index (χ0v) is 12.7. The van der Waals surface area contributed by atoms with E-state index in [0.29, 0.717) is 6.54 Å². The van der Waals surface area contributed by atoms with Crippen LogP contribution < -0.4 is 15.8 Å². The summed E-state index contributed by atoms with van der Waals surface area (Å²) in [5, 5.41) is 3.14. The summed E-state index contributed by atoms with van der Waals surface area (Å²) in [6.07, 6.45) is 2.13. The number of nitrogens with two attached hydrogens (primary N) is 1. The second kappa shape index (κ2) is 6.91. The summed E-state index contributed by atoms with van der Waals surface area (Å²) >= 11 is 0. The van der Waals surface area contributed by atoms with Crippen LogP contribution in [0, 0.1) is 0 Å². The molecule has 1 aliphatic heterocycles. The predicted molar refractivity (Wildman–Crippen MR) is 81.0 cm³/mol. The van der Waals surface area contributed by atoms with Crippen LogP contribution in [0.5, 0.6) is 5.75 Å². The van der Waals surface area contributed by atoms with Gasteiger partial charge in [-0.3, -0.25) is 10.1 Å². The standard InChI is InChI=1S/C16H24N2O3/c1-16(2,15(17)19)18-11-12-3-5-13(6-4-12)21-14-7-9-20-10-8-14/h3-6,14,18H,7-11H2,1-2H3,(H2,17,19). The molecule has 0 unspecified atom stereocenters. The monoisotopic (exact) mass is 292 g/mol. The van der Waals surface area contributed by atoms with Gasteiger partial charge < -0.3 is 15.2 Å². The Labute approximate surface area is 125 Å². The lowest BCUT2D eigenvalue weighted by Crippen LogP contribution is -2.50. The highest BCUT2D eigenvalue weighted by Crippen LogP contribution is 2.18. The van der Waals surface area contributed by atoms with Gasteiger partial charge in [-0.15, -0.1) is 0 Å². The first-order valence-corrected chi connectivity index (χ1v) is 7.35. The molecular formula is C16H24N2O3. The van der Waals surface area contributed by atoms with Gasteiger partial charge in [-0.1, -0.05) is 12.1 Å². The molecule has 1 aromatic carbocycles. The van der Waals surface area contributed by atoms with Crippen LogP contribution in [0.1, 0.15) is 32.3 Å². The molecule has 5 heteroatoms. The van der Waals surface area contributed by atoms with Crippen molar-refractivity contribution in [2.75, 3.05) is 13.2 Å². The predicted octanol–water partition coefficient (Wildman–Crippen LogP) is 1.60. The van der Waals surface area contributed by atoms with Crippen molar-refractivity contribution >= 4 is 5.91 Å². The molecular weight excluding hydrogens is 268 g/mol. The molecule has 0 radical (unpaired) electrons. The molecule has 2 rings (SSSR count). The number of primary amides is 1. The third-order valence-corrected chi connectivity index (χ3v) is 3.74. The largest absolute Gasteiger partial charge is 0.490 e. The summed E-state index contributed by atoms with van der Waals surface area (Å²) in [6.45, 7) is 5.69. The zero-order valence-electron chi connectivity index (χ0n) is 12.7. The van der Waals surface area contributed by atoms with Crippen LogP contribution in [0.2, 0.25) is 0 Å². The van der Waals surface area contributed by atoms with Crippen molar-refractivity contribution in [2.24, 2.45) is 5.73 Å². The molecule has 1 amide bonds. The smallest absolute Gasteiger partial charge is 0.237 e. The van der Waals surface area contributed by atoms with Crippen LogP contribution in [-0.4, -0.2) is 30.8 Å². The van der Waals surface area contributed by atoms with Crippen molar-refractivity contribution in [3.63, 3.8) is 0 Å². The number of hydrogen-bond donors (Lipinski definition) is 2. The van der Waals surface area contributed by atoms with Crippen LogP contribution >= 0.6 is 0 Å². The third-order valence-electron chi connectivity index (χ3n) is 3.74. The molecule has 116 valence electrons. The van der Waals surface area contributed by atoms with Crippen molar-refractivity contribution in [2.45, 2.75) is 44.9 Å². The average molecular weight is 292 g/mol. The molecule has 1 fully saturated rings.